The molecule has 1 aliphatic carbocycles. The van der Waals surface area contributed by atoms with E-state index in [1.54, 1.807) is 18.2 Å². The van der Waals surface area contributed by atoms with Gasteiger partial charge in [-0.2, -0.15) is 0 Å². The molecule has 2 aliphatic rings. The third-order valence-electron chi connectivity index (χ3n) is 5.04. The summed E-state index contributed by atoms with van der Waals surface area (Å²) in [4.78, 5) is 25.4. The van der Waals surface area contributed by atoms with Gasteiger partial charge in [0.15, 0.2) is 5.60 Å². The number of benzene rings is 1. The Morgan fingerprint density at radius 1 is 1.32 bits per heavy atom. The molecule has 0 spiro atoms. The van der Waals surface area contributed by atoms with Crippen LogP contribution in [0.3, 0.4) is 0 Å². The molecular weight excluding hydrogens is 364 g/mol. The van der Waals surface area contributed by atoms with Crippen LogP contribution in [-0.2, 0) is 14.3 Å². The van der Waals surface area contributed by atoms with Gasteiger partial charge in [0.25, 0.3) is 0 Å². The Labute approximate surface area is 162 Å². The molecule has 0 fully saturated rings. The molecule has 0 radical (unpaired) electrons. The van der Waals surface area contributed by atoms with Gasteiger partial charge in [-0.3, -0.25) is 4.79 Å². The van der Waals surface area contributed by atoms with E-state index < -0.39 is 35.1 Å². The normalized spacial score (nSPS) is 26.9. The number of ketones is 1. The molecule has 1 heterocycles. The first kappa shape index (κ1) is 19.7. The van der Waals surface area contributed by atoms with Gasteiger partial charge in [0.1, 0.15) is 28.9 Å². The molecule has 3 N–H and O–H groups in total. The van der Waals surface area contributed by atoms with Crippen molar-refractivity contribution in [3.8, 4) is 11.5 Å². The molecule has 1 aromatic rings. The fourth-order valence-electron chi connectivity index (χ4n) is 3.47. The van der Waals surface area contributed by atoms with Crippen molar-refractivity contribution < 1.29 is 34.4 Å². The number of fused-ring (bicyclic) bond motifs is 1. The molecule has 0 bridgehead atoms. The molecule has 28 heavy (non-hydrogen) atoms. The largest absolute Gasteiger partial charge is 0.508 e. The Morgan fingerprint density at radius 2 is 2.04 bits per heavy atom. The summed E-state index contributed by atoms with van der Waals surface area (Å²) in [6, 6.07) is 2.30. The molecule has 1 aliphatic heterocycles. The second-order valence-corrected chi connectivity index (χ2v) is 7.07. The number of phenolic OH excluding ortho intramolecular Hbond substituents is 2. The van der Waals surface area contributed by atoms with Gasteiger partial charge in [-0.15, -0.1) is 0 Å². The summed E-state index contributed by atoms with van der Waals surface area (Å²) in [5.41, 5.74) is -1.13. The van der Waals surface area contributed by atoms with Gasteiger partial charge in [-0.1, -0.05) is 6.08 Å². The minimum atomic E-state index is -1.84. The zero-order valence-electron chi connectivity index (χ0n) is 15.8. The lowest BCUT2D eigenvalue weighted by Crippen LogP contribution is -2.57. The average molecular weight is 386 g/mol. The third-order valence-corrected chi connectivity index (χ3v) is 5.04. The highest BCUT2D eigenvalue weighted by Crippen LogP contribution is 2.38. The van der Waals surface area contributed by atoms with Gasteiger partial charge >= 0.3 is 5.97 Å². The number of aliphatic hydroxyl groups excluding tert-OH is 1. The number of hydrogen-bond acceptors (Lipinski definition) is 7. The maximum atomic E-state index is 12.7. The molecular formula is C21H22O7. The summed E-state index contributed by atoms with van der Waals surface area (Å²) >= 11 is 0. The standard InChI is InChI=1S/C21H22O7/c1-4-5-14-7-12-8-17(24)21(3,19(25)15(12)10-27-14)28-20(26)18-11(2)6-13(22)9-16(18)23/h4-9,15,19,22-23,25H,10H2,1-3H3/b5-4-/t15-,19+,21-/m1/s1. The number of phenols is 2. The first-order valence-corrected chi connectivity index (χ1v) is 8.84. The predicted octanol–water partition coefficient (Wildman–Crippen LogP) is 2.30. The van der Waals surface area contributed by atoms with Crippen LogP contribution in [-0.4, -0.2) is 45.4 Å². The molecule has 3 atom stereocenters. The van der Waals surface area contributed by atoms with Crippen LogP contribution in [0, 0.1) is 12.8 Å². The molecule has 7 nitrogen and oxygen atoms in total. The van der Waals surface area contributed by atoms with E-state index in [4.69, 9.17) is 9.47 Å². The molecule has 3 rings (SSSR count). The van der Waals surface area contributed by atoms with Gasteiger partial charge in [-0.05, 0) is 56.2 Å². The molecule has 7 heteroatoms. The van der Waals surface area contributed by atoms with Gasteiger partial charge < -0.3 is 24.8 Å². The summed E-state index contributed by atoms with van der Waals surface area (Å²) in [6.45, 7) is 4.82. The number of ether oxygens (including phenoxy) is 2. The second kappa shape index (κ2) is 7.16. The number of rotatable bonds is 3. The molecule has 0 amide bonds. The number of allylic oxidation sites excluding steroid dienone is 3. The zero-order chi connectivity index (χ0) is 20.6. The topological polar surface area (TPSA) is 113 Å². The van der Waals surface area contributed by atoms with Gasteiger partial charge in [0.05, 0.1) is 6.61 Å². The molecule has 148 valence electrons. The van der Waals surface area contributed by atoms with Crippen LogP contribution in [0.4, 0.5) is 0 Å². The summed E-state index contributed by atoms with van der Waals surface area (Å²) in [5.74, 6) is -2.17. The van der Waals surface area contributed by atoms with Crippen molar-refractivity contribution in [3.63, 3.8) is 0 Å². The highest BCUT2D eigenvalue weighted by molar-refractivity contribution is 6.03. The van der Waals surface area contributed by atoms with Crippen molar-refractivity contribution in [2.75, 3.05) is 6.61 Å². The Balaban J connectivity index is 1.93. The smallest absolute Gasteiger partial charge is 0.343 e. The van der Waals surface area contributed by atoms with Crippen LogP contribution >= 0.6 is 0 Å². The molecule has 1 aromatic carbocycles. The monoisotopic (exact) mass is 386 g/mol. The Morgan fingerprint density at radius 3 is 2.68 bits per heavy atom. The van der Waals surface area contributed by atoms with Crippen LogP contribution in [0.1, 0.15) is 29.8 Å². The average Bonchev–Trinajstić information content (AvgIpc) is 2.59. The second-order valence-electron chi connectivity index (χ2n) is 7.07. The van der Waals surface area contributed by atoms with Gasteiger partial charge in [-0.25, -0.2) is 4.79 Å². The van der Waals surface area contributed by atoms with E-state index in [0.29, 0.717) is 11.3 Å². The summed E-state index contributed by atoms with van der Waals surface area (Å²) in [7, 11) is 0. The van der Waals surface area contributed by atoms with Crippen LogP contribution in [0.5, 0.6) is 11.5 Å². The van der Waals surface area contributed by atoms with Crippen LogP contribution in [0.25, 0.3) is 0 Å². The number of esters is 1. The lowest BCUT2D eigenvalue weighted by molar-refractivity contribution is -0.152. The zero-order valence-corrected chi connectivity index (χ0v) is 15.8. The fraction of sp³-hybridized carbons (Fsp3) is 0.333. The van der Waals surface area contributed by atoms with Crippen molar-refractivity contribution in [3.05, 3.63) is 58.9 Å². The third kappa shape index (κ3) is 3.29. The highest BCUT2D eigenvalue weighted by Gasteiger charge is 2.52. The Hall–Kier alpha value is -3.06. The van der Waals surface area contributed by atoms with Gasteiger partial charge in [0.2, 0.25) is 5.78 Å². The van der Waals surface area contributed by atoms with E-state index in [9.17, 15) is 24.9 Å². The van der Waals surface area contributed by atoms with Crippen molar-refractivity contribution in [1.82, 2.24) is 0 Å². The molecule has 0 aromatic heterocycles. The van der Waals surface area contributed by atoms with E-state index in [1.165, 1.54) is 26.0 Å². The highest BCUT2D eigenvalue weighted by atomic mass is 16.6. The quantitative estimate of drug-likeness (QED) is 0.683. The minimum absolute atomic E-state index is 0.132. The van der Waals surface area contributed by atoms with Gasteiger partial charge in [0, 0.05) is 12.0 Å². The molecule has 0 unspecified atom stereocenters. The van der Waals surface area contributed by atoms with Crippen LogP contribution in [0.15, 0.2) is 47.8 Å². The maximum Gasteiger partial charge on any atom is 0.343 e. The minimum Gasteiger partial charge on any atom is -0.508 e. The summed E-state index contributed by atoms with van der Waals surface area (Å²) < 4.78 is 11.0. The summed E-state index contributed by atoms with van der Waals surface area (Å²) in [5, 5.41) is 30.3. The van der Waals surface area contributed by atoms with E-state index in [0.717, 1.165) is 6.07 Å². The first-order chi connectivity index (χ1) is 13.2. The van der Waals surface area contributed by atoms with E-state index in [1.807, 2.05) is 6.92 Å². The van der Waals surface area contributed by atoms with E-state index in [-0.39, 0.29) is 23.5 Å². The van der Waals surface area contributed by atoms with Crippen molar-refractivity contribution >= 4 is 11.8 Å². The lowest BCUT2D eigenvalue weighted by Gasteiger charge is -2.41. The van der Waals surface area contributed by atoms with Crippen molar-refractivity contribution in [2.24, 2.45) is 5.92 Å². The van der Waals surface area contributed by atoms with E-state index in [2.05, 4.69) is 0 Å². The summed E-state index contributed by atoms with van der Waals surface area (Å²) in [6.07, 6.45) is 5.24. The van der Waals surface area contributed by atoms with Crippen LogP contribution < -0.4 is 0 Å². The Kier molecular flexibility index (Phi) is 5.04. The lowest BCUT2D eigenvalue weighted by atomic mass is 9.74. The maximum absolute atomic E-state index is 12.7. The number of hydrogen-bond donors (Lipinski definition) is 3. The van der Waals surface area contributed by atoms with Crippen LogP contribution in [0.2, 0.25) is 0 Å². The molecule has 0 saturated heterocycles. The van der Waals surface area contributed by atoms with Crippen molar-refractivity contribution in [1.29, 1.82) is 0 Å². The fourth-order valence-corrected chi connectivity index (χ4v) is 3.47. The molecule has 0 saturated carbocycles. The predicted molar refractivity (Wildman–Crippen MR) is 99.8 cm³/mol. The number of aromatic hydroxyl groups is 2. The Bertz CT molecular complexity index is 902. The number of carbonyl (C=O) groups is 2. The number of carbonyl (C=O) groups excluding carboxylic acids is 2. The number of aliphatic hydroxyl groups is 1. The van der Waals surface area contributed by atoms with E-state index >= 15 is 0 Å². The number of aryl methyl sites for hydroxylation is 1. The van der Waals surface area contributed by atoms with Crippen molar-refractivity contribution in [2.45, 2.75) is 32.5 Å². The first-order valence-electron chi connectivity index (χ1n) is 8.84. The SMILES string of the molecule is C/C=C\C1=CC2=CC(=O)[C@@](C)(OC(=O)c3c(C)cc(O)cc3O)[C@@H](O)[C@@H]2CO1.